The number of rotatable bonds is 5. The number of ether oxygens (including phenoxy) is 1. The van der Waals surface area contributed by atoms with Crippen molar-refractivity contribution in [3.8, 4) is 5.75 Å². The van der Waals surface area contributed by atoms with Crippen molar-refractivity contribution in [3.63, 3.8) is 0 Å². The van der Waals surface area contributed by atoms with Gasteiger partial charge in [0.2, 0.25) is 0 Å². The van der Waals surface area contributed by atoms with Crippen LogP contribution in [-0.4, -0.2) is 57.0 Å². The van der Waals surface area contributed by atoms with E-state index in [4.69, 9.17) is 4.74 Å². The van der Waals surface area contributed by atoms with E-state index in [2.05, 4.69) is 0 Å². The van der Waals surface area contributed by atoms with E-state index < -0.39 is 0 Å². The van der Waals surface area contributed by atoms with E-state index in [1.807, 2.05) is 31.1 Å². The predicted molar refractivity (Wildman–Crippen MR) is 68.5 cm³/mol. The van der Waals surface area contributed by atoms with Crippen LogP contribution in [0.2, 0.25) is 0 Å². The minimum absolute atomic E-state index is 0.00991. The fourth-order valence-corrected chi connectivity index (χ4v) is 1.48. The van der Waals surface area contributed by atoms with Gasteiger partial charge in [-0.1, -0.05) is 12.1 Å². The summed E-state index contributed by atoms with van der Waals surface area (Å²) in [5.41, 5.74) is 0.608. The van der Waals surface area contributed by atoms with Crippen LogP contribution in [0.15, 0.2) is 24.3 Å². The molecule has 4 heteroatoms. The molecule has 1 rings (SSSR count). The molecule has 0 bridgehead atoms. The van der Waals surface area contributed by atoms with Crippen LogP contribution >= 0.6 is 0 Å². The topological polar surface area (TPSA) is 32.8 Å². The lowest BCUT2D eigenvalue weighted by Gasteiger charge is -2.20. The van der Waals surface area contributed by atoms with Crippen molar-refractivity contribution in [1.29, 1.82) is 0 Å². The number of likely N-dealkylation sites (N-methyl/N-ethyl adjacent to an activating group) is 2. The van der Waals surface area contributed by atoms with Gasteiger partial charge in [0.05, 0.1) is 12.7 Å². The fourth-order valence-electron chi connectivity index (χ4n) is 1.48. The van der Waals surface area contributed by atoms with Crippen molar-refractivity contribution in [2.24, 2.45) is 0 Å². The Hall–Kier alpha value is -1.55. The third kappa shape index (κ3) is 3.75. The highest BCUT2D eigenvalue weighted by Crippen LogP contribution is 2.18. The smallest absolute Gasteiger partial charge is 0.257 e. The molecule has 0 aromatic heterocycles. The summed E-state index contributed by atoms with van der Waals surface area (Å²) in [5, 5.41) is 0. The zero-order valence-electron chi connectivity index (χ0n) is 10.9. The van der Waals surface area contributed by atoms with Gasteiger partial charge in [0, 0.05) is 20.1 Å². The number of nitrogens with zero attached hydrogens (tertiary/aromatic N) is 2. The third-order valence-electron chi connectivity index (χ3n) is 2.57. The van der Waals surface area contributed by atoms with E-state index in [1.54, 1.807) is 31.2 Å². The van der Waals surface area contributed by atoms with Crippen molar-refractivity contribution >= 4 is 5.91 Å². The standard InChI is InChI=1S/C13H20N2O2/c1-14(2)9-10-15(3)13(16)11-7-5-6-8-12(11)17-4/h5-8H,9-10H2,1-4H3. The SMILES string of the molecule is COc1ccccc1C(=O)N(C)CCN(C)C. The minimum Gasteiger partial charge on any atom is -0.496 e. The van der Waals surface area contributed by atoms with E-state index in [-0.39, 0.29) is 5.91 Å². The Kier molecular flexibility index (Phi) is 4.97. The second-order valence-corrected chi connectivity index (χ2v) is 4.23. The Balaban J connectivity index is 2.74. The number of benzene rings is 1. The summed E-state index contributed by atoms with van der Waals surface area (Å²) in [6, 6.07) is 7.28. The number of amides is 1. The molecule has 17 heavy (non-hydrogen) atoms. The van der Waals surface area contributed by atoms with Gasteiger partial charge in [-0.05, 0) is 26.2 Å². The quantitative estimate of drug-likeness (QED) is 0.773. The number of methoxy groups -OCH3 is 1. The molecule has 0 aliphatic heterocycles. The van der Waals surface area contributed by atoms with E-state index >= 15 is 0 Å². The van der Waals surface area contributed by atoms with Crippen molar-refractivity contribution in [2.75, 3.05) is 41.3 Å². The first-order chi connectivity index (χ1) is 8.06. The Morgan fingerprint density at radius 1 is 1.18 bits per heavy atom. The molecule has 1 amide bonds. The van der Waals surface area contributed by atoms with Crippen LogP contribution in [0.25, 0.3) is 0 Å². The van der Waals surface area contributed by atoms with Crippen molar-refractivity contribution in [2.45, 2.75) is 0 Å². The van der Waals surface area contributed by atoms with Gasteiger partial charge in [0.25, 0.3) is 5.91 Å². The van der Waals surface area contributed by atoms with Gasteiger partial charge in [-0.25, -0.2) is 0 Å². The van der Waals surface area contributed by atoms with Crippen LogP contribution in [0.4, 0.5) is 0 Å². The van der Waals surface area contributed by atoms with Gasteiger partial charge in [-0.3, -0.25) is 4.79 Å². The highest BCUT2D eigenvalue weighted by molar-refractivity contribution is 5.96. The number of hydrogen-bond acceptors (Lipinski definition) is 3. The summed E-state index contributed by atoms with van der Waals surface area (Å²) < 4.78 is 5.18. The lowest BCUT2D eigenvalue weighted by atomic mass is 10.2. The van der Waals surface area contributed by atoms with E-state index in [9.17, 15) is 4.79 Å². The zero-order chi connectivity index (χ0) is 12.8. The molecule has 0 atom stereocenters. The molecule has 94 valence electrons. The van der Waals surface area contributed by atoms with Gasteiger partial charge in [0.15, 0.2) is 0 Å². The first-order valence-corrected chi connectivity index (χ1v) is 5.59. The molecule has 0 aliphatic rings. The lowest BCUT2D eigenvalue weighted by Crippen LogP contribution is -2.33. The Bertz CT molecular complexity index is 377. The van der Waals surface area contributed by atoms with Gasteiger partial charge in [-0.15, -0.1) is 0 Å². The number of hydrogen-bond donors (Lipinski definition) is 0. The molecule has 0 saturated heterocycles. The van der Waals surface area contributed by atoms with Crippen LogP contribution in [0.5, 0.6) is 5.75 Å². The average Bonchev–Trinajstić information content (AvgIpc) is 2.34. The van der Waals surface area contributed by atoms with Gasteiger partial charge in [0.1, 0.15) is 5.75 Å². The van der Waals surface area contributed by atoms with Gasteiger partial charge >= 0.3 is 0 Å². The Morgan fingerprint density at radius 3 is 2.41 bits per heavy atom. The molecule has 0 N–H and O–H groups in total. The summed E-state index contributed by atoms with van der Waals surface area (Å²) >= 11 is 0. The number of carbonyl (C=O) groups excluding carboxylic acids is 1. The average molecular weight is 236 g/mol. The van der Waals surface area contributed by atoms with Crippen molar-refractivity contribution in [3.05, 3.63) is 29.8 Å². The summed E-state index contributed by atoms with van der Waals surface area (Å²) in [6.07, 6.45) is 0. The molecule has 4 nitrogen and oxygen atoms in total. The molecular weight excluding hydrogens is 216 g/mol. The third-order valence-corrected chi connectivity index (χ3v) is 2.57. The maximum absolute atomic E-state index is 12.2. The maximum Gasteiger partial charge on any atom is 0.257 e. The summed E-state index contributed by atoms with van der Waals surface area (Å²) in [4.78, 5) is 15.9. The van der Waals surface area contributed by atoms with Gasteiger partial charge in [-0.2, -0.15) is 0 Å². The van der Waals surface area contributed by atoms with E-state index in [1.165, 1.54) is 0 Å². The molecule has 0 heterocycles. The van der Waals surface area contributed by atoms with Crippen molar-refractivity contribution in [1.82, 2.24) is 9.80 Å². The number of carbonyl (C=O) groups is 1. The fraction of sp³-hybridized carbons (Fsp3) is 0.462. The van der Waals surface area contributed by atoms with Gasteiger partial charge < -0.3 is 14.5 Å². The molecule has 0 radical (unpaired) electrons. The molecule has 0 spiro atoms. The largest absolute Gasteiger partial charge is 0.496 e. The summed E-state index contributed by atoms with van der Waals surface area (Å²) in [6.45, 7) is 1.54. The van der Waals surface area contributed by atoms with E-state index in [0.29, 0.717) is 17.9 Å². The van der Waals surface area contributed by atoms with Crippen LogP contribution in [0.1, 0.15) is 10.4 Å². The van der Waals surface area contributed by atoms with Crippen LogP contribution < -0.4 is 4.74 Å². The predicted octanol–water partition coefficient (Wildman–Crippen LogP) is 1.33. The highest BCUT2D eigenvalue weighted by atomic mass is 16.5. The van der Waals surface area contributed by atoms with Crippen LogP contribution in [-0.2, 0) is 0 Å². The Labute approximate surface area is 103 Å². The van der Waals surface area contributed by atoms with E-state index in [0.717, 1.165) is 6.54 Å². The minimum atomic E-state index is -0.00991. The van der Waals surface area contributed by atoms with Crippen LogP contribution in [0, 0.1) is 0 Å². The molecule has 1 aromatic carbocycles. The highest BCUT2D eigenvalue weighted by Gasteiger charge is 2.15. The molecule has 0 fully saturated rings. The molecule has 0 aliphatic carbocycles. The first-order valence-electron chi connectivity index (χ1n) is 5.59. The second-order valence-electron chi connectivity index (χ2n) is 4.23. The normalized spacial score (nSPS) is 10.4. The molecule has 0 saturated carbocycles. The van der Waals surface area contributed by atoms with Crippen LogP contribution in [0.3, 0.4) is 0 Å². The molecule has 1 aromatic rings. The summed E-state index contributed by atoms with van der Waals surface area (Å²) in [5.74, 6) is 0.610. The maximum atomic E-state index is 12.2. The summed E-state index contributed by atoms with van der Waals surface area (Å²) in [7, 11) is 7.35. The Morgan fingerprint density at radius 2 is 1.82 bits per heavy atom. The molecular formula is C13H20N2O2. The number of para-hydroxylation sites is 1. The second kappa shape index (κ2) is 6.25. The lowest BCUT2D eigenvalue weighted by molar-refractivity contribution is 0.0783. The monoisotopic (exact) mass is 236 g/mol. The first kappa shape index (κ1) is 13.5. The van der Waals surface area contributed by atoms with Crippen molar-refractivity contribution < 1.29 is 9.53 Å². The molecule has 0 unspecified atom stereocenters. The zero-order valence-corrected chi connectivity index (χ0v) is 10.9.